The molecule has 0 saturated carbocycles. The van der Waals surface area contributed by atoms with Gasteiger partial charge in [0, 0.05) is 23.7 Å². The fourth-order valence-electron chi connectivity index (χ4n) is 3.50. The van der Waals surface area contributed by atoms with E-state index in [1.807, 2.05) is 0 Å². The Bertz CT molecular complexity index is 1300. The van der Waals surface area contributed by atoms with Gasteiger partial charge in [-0.25, -0.2) is 14.2 Å². The standard InChI is InChI=1S/C26H21ClFN3O4S/c27-18-5-11-21(12-6-18)30-26-31(14-13-16-1-7-19(28)8-2-16)23(32)15-22(36-26)24(33)29-20-9-3-17(4-10-20)25(34)35/h1-12,22H,13-15H2,(H,29,33)(H,34,35). The summed E-state index contributed by atoms with van der Waals surface area (Å²) in [5, 5.41) is 12.0. The number of carbonyl (C=O) groups excluding carboxylic acids is 2. The molecule has 1 heterocycles. The molecule has 7 nitrogen and oxygen atoms in total. The van der Waals surface area contributed by atoms with Crippen molar-refractivity contribution in [1.82, 2.24) is 4.90 Å². The maximum atomic E-state index is 13.2. The van der Waals surface area contributed by atoms with E-state index < -0.39 is 17.1 Å². The van der Waals surface area contributed by atoms with E-state index in [-0.39, 0.29) is 23.7 Å². The van der Waals surface area contributed by atoms with Crippen LogP contribution < -0.4 is 5.32 Å². The molecular formula is C26H21ClFN3O4S. The number of nitrogens with zero attached hydrogens (tertiary/aromatic N) is 2. The van der Waals surface area contributed by atoms with Crippen LogP contribution in [0.4, 0.5) is 15.8 Å². The van der Waals surface area contributed by atoms with Crippen molar-refractivity contribution in [2.24, 2.45) is 4.99 Å². The molecule has 2 N–H and O–H groups in total. The van der Waals surface area contributed by atoms with Crippen molar-refractivity contribution in [1.29, 1.82) is 0 Å². The summed E-state index contributed by atoms with van der Waals surface area (Å²) >= 11 is 7.14. The highest BCUT2D eigenvalue weighted by Gasteiger charge is 2.35. The zero-order chi connectivity index (χ0) is 25.7. The third-order valence-electron chi connectivity index (χ3n) is 5.42. The normalized spacial score (nSPS) is 16.7. The molecular weight excluding hydrogens is 505 g/mol. The second-order valence-electron chi connectivity index (χ2n) is 7.98. The second-order valence-corrected chi connectivity index (χ2v) is 9.58. The van der Waals surface area contributed by atoms with Gasteiger partial charge in [-0.05, 0) is 72.6 Å². The lowest BCUT2D eigenvalue weighted by atomic mass is 10.1. The maximum Gasteiger partial charge on any atom is 0.335 e. The number of anilines is 1. The fourth-order valence-corrected chi connectivity index (χ4v) is 4.75. The first-order valence-electron chi connectivity index (χ1n) is 11.0. The first kappa shape index (κ1) is 25.4. The van der Waals surface area contributed by atoms with E-state index in [0.29, 0.717) is 34.5 Å². The van der Waals surface area contributed by atoms with Crippen LogP contribution in [0.25, 0.3) is 0 Å². The molecule has 1 saturated heterocycles. The van der Waals surface area contributed by atoms with Crippen LogP contribution >= 0.6 is 23.4 Å². The minimum Gasteiger partial charge on any atom is -0.478 e. The quantitative estimate of drug-likeness (QED) is 0.431. The van der Waals surface area contributed by atoms with Gasteiger partial charge in [-0.3, -0.25) is 14.5 Å². The van der Waals surface area contributed by atoms with E-state index in [1.54, 1.807) is 36.4 Å². The molecule has 36 heavy (non-hydrogen) atoms. The lowest BCUT2D eigenvalue weighted by Gasteiger charge is -2.32. The van der Waals surface area contributed by atoms with Crippen LogP contribution in [-0.2, 0) is 16.0 Å². The molecule has 0 radical (unpaired) electrons. The summed E-state index contributed by atoms with van der Waals surface area (Å²) < 4.78 is 13.2. The van der Waals surface area contributed by atoms with Crippen molar-refractivity contribution in [3.63, 3.8) is 0 Å². The van der Waals surface area contributed by atoms with Gasteiger partial charge in [0.25, 0.3) is 0 Å². The molecule has 0 spiro atoms. The van der Waals surface area contributed by atoms with Crippen LogP contribution in [0.2, 0.25) is 5.02 Å². The highest BCUT2D eigenvalue weighted by Crippen LogP contribution is 2.30. The SMILES string of the molecule is O=C(O)c1ccc(NC(=O)C2CC(=O)N(CCc3ccc(F)cc3)C(=Nc3ccc(Cl)cc3)S2)cc1. The molecule has 0 aliphatic carbocycles. The van der Waals surface area contributed by atoms with Crippen LogP contribution in [-0.4, -0.2) is 44.8 Å². The summed E-state index contributed by atoms with van der Waals surface area (Å²) in [6.07, 6.45) is 0.450. The number of rotatable bonds is 7. The Morgan fingerprint density at radius 2 is 1.72 bits per heavy atom. The number of carboxylic acid groups (broad SMARTS) is 1. The van der Waals surface area contributed by atoms with Crippen molar-refractivity contribution in [3.8, 4) is 0 Å². The summed E-state index contributed by atoms with van der Waals surface area (Å²) in [6.45, 7) is 0.314. The number of carboxylic acids is 1. The highest BCUT2D eigenvalue weighted by atomic mass is 35.5. The minimum absolute atomic E-state index is 0.0350. The summed E-state index contributed by atoms with van der Waals surface area (Å²) in [4.78, 5) is 43.3. The Morgan fingerprint density at radius 1 is 1.06 bits per heavy atom. The summed E-state index contributed by atoms with van der Waals surface area (Å²) in [5.74, 6) is -2.05. The molecule has 2 amide bonds. The number of aromatic carboxylic acids is 1. The topological polar surface area (TPSA) is 99.1 Å². The highest BCUT2D eigenvalue weighted by molar-refractivity contribution is 8.15. The summed E-state index contributed by atoms with van der Waals surface area (Å²) in [7, 11) is 0. The van der Waals surface area contributed by atoms with Gasteiger partial charge in [-0.2, -0.15) is 0 Å². The Labute approximate surface area is 216 Å². The zero-order valence-corrected chi connectivity index (χ0v) is 20.4. The van der Waals surface area contributed by atoms with Crippen LogP contribution in [0.3, 0.4) is 0 Å². The molecule has 1 atom stereocenters. The van der Waals surface area contributed by atoms with Crippen LogP contribution in [0.1, 0.15) is 22.3 Å². The molecule has 4 rings (SSSR count). The molecule has 0 aromatic heterocycles. The van der Waals surface area contributed by atoms with Gasteiger partial charge >= 0.3 is 5.97 Å². The zero-order valence-electron chi connectivity index (χ0n) is 18.9. The third-order valence-corrected chi connectivity index (χ3v) is 6.86. The molecule has 10 heteroatoms. The lowest BCUT2D eigenvalue weighted by molar-refractivity contribution is -0.129. The van der Waals surface area contributed by atoms with Gasteiger partial charge in [0.05, 0.1) is 11.3 Å². The third kappa shape index (κ3) is 6.50. The number of hydrogen-bond donors (Lipinski definition) is 2. The van der Waals surface area contributed by atoms with Crippen LogP contribution in [0.15, 0.2) is 77.8 Å². The van der Waals surface area contributed by atoms with Gasteiger partial charge in [0.2, 0.25) is 11.8 Å². The van der Waals surface area contributed by atoms with Crippen molar-refractivity contribution < 1.29 is 23.9 Å². The Balaban J connectivity index is 1.52. The van der Waals surface area contributed by atoms with Crippen LogP contribution in [0.5, 0.6) is 0 Å². The van der Waals surface area contributed by atoms with E-state index >= 15 is 0 Å². The van der Waals surface area contributed by atoms with Crippen molar-refractivity contribution in [2.75, 3.05) is 11.9 Å². The lowest BCUT2D eigenvalue weighted by Crippen LogP contribution is -2.46. The molecule has 3 aromatic carbocycles. The molecule has 3 aromatic rings. The number of nitrogens with one attached hydrogen (secondary N) is 1. The van der Waals surface area contributed by atoms with E-state index in [4.69, 9.17) is 16.7 Å². The number of benzene rings is 3. The molecule has 184 valence electrons. The van der Waals surface area contributed by atoms with E-state index in [9.17, 15) is 18.8 Å². The van der Waals surface area contributed by atoms with Crippen molar-refractivity contribution in [2.45, 2.75) is 18.1 Å². The fraction of sp³-hybridized carbons (Fsp3) is 0.154. The van der Waals surface area contributed by atoms with E-state index in [1.165, 1.54) is 53.1 Å². The molecule has 1 aliphatic heterocycles. The smallest absolute Gasteiger partial charge is 0.335 e. The number of amidine groups is 1. The van der Waals surface area contributed by atoms with Gasteiger partial charge in [0.15, 0.2) is 5.17 Å². The van der Waals surface area contributed by atoms with Gasteiger partial charge < -0.3 is 10.4 Å². The number of aliphatic imine (C=N–C) groups is 1. The number of halogens is 2. The Morgan fingerprint density at radius 3 is 2.36 bits per heavy atom. The van der Waals surface area contributed by atoms with E-state index in [0.717, 1.165) is 5.56 Å². The van der Waals surface area contributed by atoms with Gasteiger partial charge in [-0.15, -0.1) is 0 Å². The average Bonchev–Trinajstić information content (AvgIpc) is 2.86. The maximum absolute atomic E-state index is 13.2. The Hall–Kier alpha value is -3.69. The monoisotopic (exact) mass is 525 g/mol. The second kappa shape index (κ2) is 11.4. The predicted octanol–water partition coefficient (Wildman–Crippen LogP) is 5.38. The number of thioether (sulfide) groups is 1. The largest absolute Gasteiger partial charge is 0.478 e. The molecule has 1 unspecified atom stereocenters. The van der Waals surface area contributed by atoms with Gasteiger partial charge in [0.1, 0.15) is 11.1 Å². The summed E-state index contributed by atoms with van der Waals surface area (Å²) in [6, 6.07) is 18.6. The van der Waals surface area contributed by atoms with Gasteiger partial charge in [-0.1, -0.05) is 35.5 Å². The van der Waals surface area contributed by atoms with Crippen molar-refractivity contribution >= 4 is 57.7 Å². The average molecular weight is 526 g/mol. The predicted molar refractivity (Wildman–Crippen MR) is 138 cm³/mol. The van der Waals surface area contributed by atoms with E-state index in [2.05, 4.69) is 10.3 Å². The number of hydrogen-bond acceptors (Lipinski definition) is 5. The Kier molecular flexibility index (Phi) is 8.02. The van der Waals surface area contributed by atoms with Crippen LogP contribution in [0, 0.1) is 5.82 Å². The van der Waals surface area contributed by atoms with Crippen molar-refractivity contribution in [3.05, 3.63) is 94.8 Å². The summed E-state index contributed by atoms with van der Waals surface area (Å²) in [5.41, 5.74) is 1.97. The first-order valence-corrected chi connectivity index (χ1v) is 12.2. The number of amides is 2. The first-order chi connectivity index (χ1) is 17.3. The molecule has 0 bridgehead atoms. The molecule has 1 aliphatic rings. The minimum atomic E-state index is -1.06. The molecule has 1 fully saturated rings. The number of carbonyl (C=O) groups is 3.